The summed E-state index contributed by atoms with van der Waals surface area (Å²) < 4.78 is 0. The van der Waals surface area contributed by atoms with Gasteiger partial charge in [-0.15, -0.1) is 0 Å². The monoisotopic (exact) mass is 372 g/mol. The van der Waals surface area contributed by atoms with Gasteiger partial charge in [0.25, 0.3) is 0 Å². The van der Waals surface area contributed by atoms with Crippen LogP contribution in [0.4, 0.5) is 16.2 Å². The van der Waals surface area contributed by atoms with Crippen molar-refractivity contribution in [2.75, 3.05) is 49.5 Å². The van der Waals surface area contributed by atoms with Crippen molar-refractivity contribution < 1.29 is 9.59 Å². The first-order valence-corrected chi connectivity index (χ1v) is 10.3. The summed E-state index contributed by atoms with van der Waals surface area (Å²) in [7, 11) is 0. The van der Waals surface area contributed by atoms with Gasteiger partial charge in [0.15, 0.2) is 0 Å². The van der Waals surface area contributed by atoms with Crippen LogP contribution in [0.2, 0.25) is 0 Å². The number of amides is 3. The molecule has 3 amide bonds. The van der Waals surface area contributed by atoms with Gasteiger partial charge in [0.2, 0.25) is 5.91 Å². The standard InChI is InChI=1S/C21H32N4O2/c1-3-10-24-11-5-12-25(16-20(24)26)21(27)22-18-6-4-7-19(15-18)23-13-8-17(2)9-14-23/h4,6-7,15,17H,3,5,8-14,16H2,1-2H3,(H,22,27). The van der Waals surface area contributed by atoms with Crippen LogP contribution in [-0.4, -0.2) is 61.0 Å². The van der Waals surface area contributed by atoms with Crippen molar-refractivity contribution >= 4 is 23.3 Å². The molecule has 0 saturated carbocycles. The summed E-state index contributed by atoms with van der Waals surface area (Å²) in [5.74, 6) is 0.831. The highest BCUT2D eigenvalue weighted by molar-refractivity contribution is 5.93. The molecule has 0 spiro atoms. The number of benzene rings is 1. The van der Waals surface area contributed by atoms with E-state index in [9.17, 15) is 9.59 Å². The van der Waals surface area contributed by atoms with Gasteiger partial charge in [-0.1, -0.05) is 19.9 Å². The Morgan fingerprint density at radius 3 is 2.70 bits per heavy atom. The maximum absolute atomic E-state index is 12.7. The van der Waals surface area contributed by atoms with Crippen LogP contribution < -0.4 is 10.2 Å². The number of urea groups is 1. The lowest BCUT2D eigenvalue weighted by atomic mass is 9.99. The first kappa shape index (κ1) is 19.5. The largest absolute Gasteiger partial charge is 0.371 e. The molecular formula is C21H32N4O2. The molecule has 0 radical (unpaired) electrons. The summed E-state index contributed by atoms with van der Waals surface area (Å²) in [6.45, 7) is 8.77. The van der Waals surface area contributed by atoms with Gasteiger partial charge >= 0.3 is 6.03 Å². The Labute approximate surface area is 162 Å². The molecule has 1 aromatic rings. The first-order valence-electron chi connectivity index (χ1n) is 10.3. The predicted molar refractivity (Wildman–Crippen MR) is 109 cm³/mol. The number of carbonyl (C=O) groups is 2. The Bertz CT molecular complexity index is 655. The van der Waals surface area contributed by atoms with E-state index in [4.69, 9.17) is 0 Å². The average Bonchev–Trinajstić information content (AvgIpc) is 2.85. The minimum absolute atomic E-state index is 0.0423. The third-order valence-corrected chi connectivity index (χ3v) is 5.56. The molecule has 1 N–H and O–H groups in total. The summed E-state index contributed by atoms with van der Waals surface area (Å²) >= 11 is 0. The molecule has 0 atom stereocenters. The van der Waals surface area contributed by atoms with Crippen LogP contribution in [-0.2, 0) is 4.79 Å². The quantitative estimate of drug-likeness (QED) is 0.881. The fraction of sp³-hybridized carbons (Fsp3) is 0.619. The molecule has 6 heteroatoms. The molecule has 6 nitrogen and oxygen atoms in total. The molecule has 0 bridgehead atoms. The van der Waals surface area contributed by atoms with Gasteiger partial charge in [0, 0.05) is 44.1 Å². The zero-order valence-corrected chi connectivity index (χ0v) is 16.6. The van der Waals surface area contributed by atoms with Gasteiger partial charge in [-0.2, -0.15) is 0 Å². The number of nitrogens with one attached hydrogen (secondary N) is 1. The maximum Gasteiger partial charge on any atom is 0.322 e. The second kappa shape index (κ2) is 9.11. The minimum Gasteiger partial charge on any atom is -0.371 e. The second-order valence-electron chi connectivity index (χ2n) is 7.81. The SMILES string of the molecule is CCCN1CCCN(C(=O)Nc2cccc(N3CCC(C)CC3)c2)CC1=O. The number of anilines is 2. The summed E-state index contributed by atoms with van der Waals surface area (Å²) in [4.78, 5) is 30.9. The Balaban J connectivity index is 1.60. The van der Waals surface area contributed by atoms with Crippen LogP contribution in [0, 0.1) is 5.92 Å². The molecule has 2 fully saturated rings. The van der Waals surface area contributed by atoms with Gasteiger partial charge in [-0.25, -0.2) is 4.79 Å². The van der Waals surface area contributed by atoms with Gasteiger partial charge in [-0.05, 0) is 49.8 Å². The molecule has 27 heavy (non-hydrogen) atoms. The van der Waals surface area contributed by atoms with Crippen LogP contribution in [0.1, 0.15) is 39.5 Å². The van der Waals surface area contributed by atoms with E-state index in [0.717, 1.165) is 56.3 Å². The number of nitrogens with zero attached hydrogens (tertiary/aromatic N) is 3. The number of piperidine rings is 1. The van der Waals surface area contributed by atoms with Crippen molar-refractivity contribution in [3.05, 3.63) is 24.3 Å². The van der Waals surface area contributed by atoms with E-state index in [-0.39, 0.29) is 18.5 Å². The van der Waals surface area contributed by atoms with Crippen molar-refractivity contribution in [2.45, 2.75) is 39.5 Å². The minimum atomic E-state index is -0.189. The Hall–Kier alpha value is -2.24. The van der Waals surface area contributed by atoms with Crippen molar-refractivity contribution in [1.82, 2.24) is 9.80 Å². The van der Waals surface area contributed by atoms with E-state index in [2.05, 4.69) is 30.1 Å². The molecule has 2 aliphatic rings. The second-order valence-corrected chi connectivity index (χ2v) is 7.81. The molecule has 148 valence electrons. The van der Waals surface area contributed by atoms with Crippen molar-refractivity contribution in [1.29, 1.82) is 0 Å². The number of hydrogen-bond acceptors (Lipinski definition) is 3. The molecular weight excluding hydrogens is 340 g/mol. The van der Waals surface area contributed by atoms with E-state index < -0.39 is 0 Å². The molecule has 0 unspecified atom stereocenters. The maximum atomic E-state index is 12.7. The van der Waals surface area contributed by atoms with Crippen LogP contribution in [0.5, 0.6) is 0 Å². The van der Waals surface area contributed by atoms with Crippen LogP contribution in [0.3, 0.4) is 0 Å². The van der Waals surface area contributed by atoms with E-state index in [1.807, 2.05) is 23.1 Å². The lowest BCUT2D eigenvalue weighted by molar-refractivity contribution is -0.130. The molecule has 0 aliphatic carbocycles. The van der Waals surface area contributed by atoms with Crippen LogP contribution >= 0.6 is 0 Å². The number of rotatable bonds is 4. The number of hydrogen-bond donors (Lipinski definition) is 1. The molecule has 3 rings (SSSR count). The highest BCUT2D eigenvalue weighted by Crippen LogP contribution is 2.25. The van der Waals surface area contributed by atoms with Crippen molar-refractivity contribution in [3.63, 3.8) is 0 Å². The number of carbonyl (C=O) groups excluding carboxylic acids is 2. The summed E-state index contributed by atoms with van der Waals surface area (Å²) in [6, 6.07) is 7.85. The molecule has 1 aromatic carbocycles. The normalized spacial score (nSPS) is 19.2. The molecule has 2 heterocycles. The lowest BCUT2D eigenvalue weighted by Gasteiger charge is -2.32. The van der Waals surface area contributed by atoms with Crippen LogP contribution in [0.15, 0.2) is 24.3 Å². The van der Waals surface area contributed by atoms with Crippen molar-refractivity contribution in [2.24, 2.45) is 5.92 Å². The van der Waals surface area contributed by atoms with Gasteiger partial charge in [-0.3, -0.25) is 4.79 Å². The van der Waals surface area contributed by atoms with Crippen LogP contribution in [0.25, 0.3) is 0 Å². The average molecular weight is 373 g/mol. The zero-order chi connectivity index (χ0) is 19.2. The molecule has 0 aromatic heterocycles. The highest BCUT2D eigenvalue weighted by Gasteiger charge is 2.24. The van der Waals surface area contributed by atoms with E-state index in [1.54, 1.807) is 4.90 Å². The predicted octanol–water partition coefficient (Wildman–Crippen LogP) is 3.40. The fourth-order valence-electron chi connectivity index (χ4n) is 3.85. The lowest BCUT2D eigenvalue weighted by Crippen LogP contribution is -2.41. The summed E-state index contributed by atoms with van der Waals surface area (Å²) in [6.07, 6.45) is 4.19. The van der Waals surface area contributed by atoms with Crippen molar-refractivity contribution in [3.8, 4) is 0 Å². The summed E-state index contributed by atoms with van der Waals surface area (Å²) in [5, 5.41) is 2.98. The first-order chi connectivity index (χ1) is 13.1. The highest BCUT2D eigenvalue weighted by atomic mass is 16.2. The smallest absolute Gasteiger partial charge is 0.322 e. The Kier molecular flexibility index (Phi) is 6.58. The third-order valence-electron chi connectivity index (χ3n) is 5.56. The topological polar surface area (TPSA) is 55.9 Å². The fourth-order valence-corrected chi connectivity index (χ4v) is 3.85. The van der Waals surface area contributed by atoms with E-state index in [1.165, 1.54) is 12.8 Å². The molecule has 2 saturated heterocycles. The molecule has 2 aliphatic heterocycles. The summed E-state index contributed by atoms with van der Waals surface area (Å²) in [5.41, 5.74) is 1.94. The van der Waals surface area contributed by atoms with E-state index in [0.29, 0.717) is 6.54 Å². The Morgan fingerprint density at radius 1 is 1.19 bits per heavy atom. The zero-order valence-electron chi connectivity index (χ0n) is 16.6. The third kappa shape index (κ3) is 5.15. The van der Waals surface area contributed by atoms with Gasteiger partial charge in [0.1, 0.15) is 6.54 Å². The van der Waals surface area contributed by atoms with Gasteiger partial charge < -0.3 is 20.0 Å². The Morgan fingerprint density at radius 2 is 1.96 bits per heavy atom. The van der Waals surface area contributed by atoms with E-state index >= 15 is 0 Å². The van der Waals surface area contributed by atoms with Gasteiger partial charge in [0.05, 0.1) is 0 Å².